The minimum Gasteiger partial charge on any atom is -0.411 e. The maximum Gasteiger partial charge on any atom is 0.220 e. The van der Waals surface area contributed by atoms with Crippen LogP contribution in [0.15, 0.2) is 10.3 Å². The van der Waals surface area contributed by atoms with Crippen molar-refractivity contribution < 1.29 is 34.6 Å². The fourth-order valence-corrected chi connectivity index (χ4v) is 3.58. The van der Waals surface area contributed by atoms with Crippen LogP contribution in [-0.4, -0.2) is 140 Å². The van der Waals surface area contributed by atoms with Gasteiger partial charge in [-0.2, -0.15) is 0 Å². The Morgan fingerprint density at radius 2 is 1.14 bits per heavy atom. The number of hydrogen-bond acceptors (Lipinski definition) is 13. The van der Waals surface area contributed by atoms with Crippen LogP contribution in [0, 0.1) is 0 Å². The van der Waals surface area contributed by atoms with Gasteiger partial charge in [-0.1, -0.05) is 10.3 Å². The molecule has 0 radical (unpaired) electrons. The Morgan fingerprint density at radius 1 is 0.721 bits per heavy atom. The molecule has 0 aliphatic rings. The molecule has 0 aliphatic carbocycles. The second-order valence-corrected chi connectivity index (χ2v) is 11.4. The van der Waals surface area contributed by atoms with Crippen LogP contribution in [0.5, 0.6) is 0 Å². The number of rotatable bonds is 26. The van der Waals surface area contributed by atoms with E-state index in [9.17, 15) is 9.59 Å². The van der Waals surface area contributed by atoms with Gasteiger partial charge >= 0.3 is 0 Å². The predicted octanol–water partition coefficient (Wildman–Crippen LogP) is -0.301. The van der Waals surface area contributed by atoms with Crippen LogP contribution >= 0.6 is 0 Å². The Labute approximate surface area is 257 Å². The quantitative estimate of drug-likeness (QED) is 0.0208. The first-order valence-corrected chi connectivity index (χ1v) is 15.0. The molecule has 0 fully saturated rings. The van der Waals surface area contributed by atoms with Gasteiger partial charge < -0.3 is 46.3 Å². The van der Waals surface area contributed by atoms with Crippen molar-refractivity contribution in [3.8, 4) is 0 Å². The van der Waals surface area contributed by atoms with Gasteiger partial charge in [0.15, 0.2) is 0 Å². The number of ether oxygens (including phenoxy) is 2. The average molecular weight is 619 g/mol. The first-order valence-electron chi connectivity index (χ1n) is 15.0. The first-order chi connectivity index (χ1) is 20.2. The minimum atomic E-state index is -0.564. The molecule has 0 heterocycles. The SMILES string of the molecule is C/C(=N/O)C(C)(C)NCCN(CCNC(=O)CCC(=O)NCCOCCOCCN[C@H](C)O)CCNC(C)(C)/C(C)=N\O. The Bertz CT molecular complexity index is 802. The van der Waals surface area contributed by atoms with Crippen molar-refractivity contribution in [2.45, 2.75) is 78.6 Å². The molecule has 0 saturated heterocycles. The highest BCUT2D eigenvalue weighted by Crippen LogP contribution is 2.06. The number of carbonyl (C=O) groups is 2. The molecule has 15 heteroatoms. The zero-order valence-electron chi connectivity index (χ0n) is 27.3. The van der Waals surface area contributed by atoms with Crippen molar-refractivity contribution in [1.29, 1.82) is 0 Å². The number of nitrogens with one attached hydrogen (secondary N) is 5. The van der Waals surface area contributed by atoms with Crippen LogP contribution in [0.3, 0.4) is 0 Å². The van der Waals surface area contributed by atoms with E-state index in [1.807, 2.05) is 27.7 Å². The Balaban J connectivity index is 4.37. The van der Waals surface area contributed by atoms with E-state index in [1.165, 1.54) is 0 Å². The van der Waals surface area contributed by atoms with Crippen molar-refractivity contribution in [2.24, 2.45) is 10.3 Å². The zero-order chi connectivity index (χ0) is 32.7. The second-order valence-electron chi connectivity index (χ2n) is 11.4. The summed E-state index contributed by atoms with van der Waals surface area (Å²) >= 11 is 0. The van der Waals surface area contributed by atoms with E-state index in [1.54, 1.807) is 20.8 Å². The molecule has 0 rings (SSSR count). The van der Waals surface area contributed by atoms with Crippen LogP contribution in [0.4, 0.5) is 0 Å². The standard InChI is InChI=1S/C28H58N8O7/c1-22(34-40)27(4,5)32-11-16-36(17-12-33-28(6,7)23(2)35-41)15-10-30-25(38)8-9-26(39)31-14-19-43-21-20-42-18-13-29-24(3)37/h24,29,32-33,37,40-41H,8-21H2,1-7H3,(H,30,38)(H,31,39)/b34-22-,35-23-/t24-/m0/s1. The number of oxime groups is 2. The van der Waals surface area contributed by atoms with E-state index in [4.69, 9.17) is 25.0 Å². The summed E-state index contributed by atoms with van der Waals surface area (Å²) in [7, 11) is 0. The second kappa shape index (κ2) is 23.0. The van der Waals surface area contributed by atoms with E-state index >= 15 is 0 Å². The van der Waals surface area contributed by atoms with Crippen LogP contribution in [-0.2, 0) is 19.1 Å². The zero-order valence-corrected chi connectivity index (χ0v) is 27.3. The molecule has 8 N–H and O–H groups in total. The molecular weight excluding hydrogens is 560 g/mol. The van der Waals surface area contributed by atoms with Crippen molar-refractivity contribution in [2.75, 3.05) is 78.8 Å². The van der Waals surface area contributed by atoms with Crippen LogP contribution < -0.4 is 26.6 Å². The monoisotopic (exact) mass is 618 g/mol. The summed E-state index contributed by atoms with van der Waals surface area (Å²) < 4.78 is 10.8. The summed E-state index contributed by atoms with van der Waals surface area (Å²) in [5.74, 6) is -0.414. The van der Waals surface area contributed by atoms with Gasteiger partial charge in [-0.05, 0) is 48.5 Å². The van der Waals surface area contributed by atoms with Crippen molar-refractivity contribution in [1.82, 2.24) is 31.5 Å². The van der Waals surface area contributed by atoms with Gasteiger partial charge in [0.25, 0.3) is 0 Å². The van der Waals surface area contributed by atoms with Crippen molar-refractivity contribution in [3.63, 3.8) is 0 Å². The fraction of sp³-hybridized carbons (Fsp3) is 0.857. The van der Waals surface area contributed by atoms with Gasteiger partial charge in [0.2, 0.25) is 11.8 Å². The Morgan fingerprint density at radius 3 is 1.58 bits per heavy atom. The number of amides is 2. The molecule has 0 unspecified atom stereocenters. The molecule has 0 saturated carbocycles. The van der Waals surface area contributed by atoms with Gasteiger partial charge in [-0.15, -0.1) is 0 Å². The van der Waals surface area contributed by atoms with E-state index < -0.39 is 17.3 Å². The number of carbonyl (C=O) groups excluding carboxylic acids is 2. The maximum absolute atomic E-state index is 12.3. The third-order valence-corrected chi connectivity index (χ3v) is 7.06. The lowest BCUT2D eigenvalue weighted by atomic mass is 9.99. The summed E-state index contributed by atoms with van der Waals surface area (Å²) in [6.07, 6.45) is -0.387. The summed E-state index contributed by atoms with van der Waals surface area (Å²) in [5.41, 5.74) is 0.215. The largest absolute Gasteiger partial charge is 0.411 e. The highest BCUT2D eigenvalue weighted by atomic mass is 16.5. The molecule has 0 aromatic carbocycles. The van der Waals surface area contributed by atoms with Gasteiger partial charge in [-0.3, -0.25) is 19.8 Å². The van der Waals surface area contributed by atoms with Crippen LogP contribution in [0.2, 0.25) is 0 Å². The molecule has 0 aromatic rings. The molecule has 0 aliphatic heterocycles. The normalized spacial score (nSPS) is 13.8. The smallest absolute Gasteiger partial charge is 0.220 e. The molecule has 1 atom stereocenters. The molecule has 0 spiro atoms. The van der Waals surface area contributed by atoms with Gasteiger partial charge in [0.05, 0.1) is 48.9 Å². The minimum absolute atomic E-state index is 0.0878. The Kier molecular flexibility index (Phi) is 21.8. The van der Waals surface area contributed by atoms with E-state index in [0.29, 0.717) is 90.2 Å². The lowest BCUT2D eigenvalue weighted by Gasteiger charge is -2.30. The summed E-state index contributed by atoms with van der Waals surface area (Å²) in [4.78, 5) is 26.6. The van der Waals surface area contributed by atoms with E-state index in [2.05, 4.69) is 41.8 Å². The lowest BCUT2D eigenvalue weighted by Crippen LogP contribution is -2.51. The van der Waals surface area contributed by atoms with E-state index in [-0.39, 0.29) is 24.7 Å². The Hall–Kier alpha value is -2.40. The lowest BCUT2D eigenvalue weighted by molar-refractivity contribution is -0.126. The molecule has 0 bridgehead atoms. The third-order valence-electron chi connectivity index (χ3n) is 7.06. The maximum atomic E-state index is 12.3. The molecule has 43 heavy (non-hydrogen) atoms. The molecule has 252 valence electrons. The van der Waals surface area contributed by atoms with Crippen LogP contribution in [0.1, 0.15) is 61.3 Å². The number of hydrogen-bond donors (Lipinski definition) is 8. The fourth-order valence-electron chi connectivity index (χ4n) is 3.58. The topological polar surface area (TPSA) is 201 Å². The van der Waals surface area contributed by atoms with Gasteiger partial charge in [0, 0.05) is 65.2 Å². The third kappa shape index (κ3) is 21.0. The van der Waals surface area contributed by atoms with Gasteiger partial charge in [0.1, 0.15) is 6.23 Å². The number of aliphatic hydroxyl groups is 1. The molecule has 0 aromatic heterocycles. The number of aliphatic hydroxyl groups excluding tert-OH is 1. The summed E-state index contributed by atoms with van der Waals surface area (Å²) in [6.45, 7) is 19.1. The first kappa shape index (κ1) is 40.6. The number of nitrogens with zero attached hydrogens (tertiary/aromatic N) is 3. The van der Waals surface area contributed by atoms with Crippen LogP contribution in [0.25, 0.3) is 0 Å². The van der Waals surface area contributed by atoms with Gasteiger partial charge in [-0.25, -0.2) is 0 Å². The van der Waals surface area contributed by atoms with E-state index in [0.717, 1.165) is 0 Å². The highest BCUT2D eigenvalue weighted by molar-refractivity contribution is 5.90. The molecule has 2 amide bonds. The molecule has 15 nitrogen and oxygen atoms in total. The highest BCUT2D eigenvalue weighted by Gasteiger charge is 2.23. The van der Waals surface area contributed by atoms with Crippen molar-refractivity contribution in [3.05, 3.63) is 0 Å². The van der Waals surface area contributed by atoms with Crippen molar-refractivity contribution >= 4 is 23.2 Å². The average Bonchev–Trinajstić information content (AvgIpc) is 2.95. The summed E-state index contributed by atoms with van der Waals surface area (Å²) in [5, 5.41) is 49.2. The predicted molar refractivity (Wildman–Crippen MR) is 167 cm³/mol. The molecular formula is C28H58N8O7. The summed E-state index contributed by atoms with van der Waals surface area (Å²) in [6, 6.07) is 0.